The van der Waals surface area contributed by atoms with Gasteiger partial charge in [-0.25, -0.2) is 0 Å². The Hall–Kier alpha value is -1.39. The van der Waals surface area contributed by atoms with Crippen molar-refractivity contribution in [2.75, 3.05) is 6.54 Å². The van der Waals surface area contributed by atoms with E-state index in [2.05, 4.69) is 51.4 Å². The van der Waals surface area contributed by atoms with Gasteiger partial charge in [0.15, 0.2) is 0 Å². The summed E-state index contributed by atoms with van der Waals surface area (Å²) in [4.78, 5) is 4.15. The Bertz CT molecular complexity index is 630. The molecule has 0 amide bonds. The maximum atomic E-state index is 5.89. The summed E-state index contributed by atoms with van der Waals surface area (Å²) in [5.41, 5.74) is 3.90. The molecule has 110 valence electrons. The van der Waals surface area contributed by atoms with Crippen LogP contribution in [0.15, 0.2) is 41.1 Å². The molecule has 0 saturated carbocycles. The second-order valence-electron chi connectivity index (χ2n) is 5.31. The van der Waals surface area contributed by atoms with Gasteiger partial charge in [-0.3, -0.25) is 4.98 Å². The molecule has 0 bridgehead atoms. The summed E-state index contributed by atoms with van der Waals surface area (Å²) in [6.07, 6.45) is 5.92. The van der Waals surface area contributed by atoms with Crippen molar-refractivity contribution in [3.05, 3.63) is 57.8 Å². The van der Waals surface area contributed by atoms with Crippen molar-refractivity contribution < 1.29 is 4.74 Å². The number of rotatable bonds is 5. The minimum absolute atomic E-state index is 0.508. The first-order chi connectivity index (χ1) is 10.3. The maximum Gasteiger partial charge on any atom is 0.120 e. The number of halogens is 1. The molecule has 1 aliphatic rings. The number of nitrogens with zero attached hydrogens (tertiary/aromatic N) is 1. The molecule has 0 spiro atoms. The fourth-order valence-electron chi connectivity index (χ4n) is 2.84. The normalized spacial score (nSPS) is 16.8. The van der Waals surface area contributed by atoms with E-state index in [1.165, 1.54) is 17.5 Å². The summed E-state index contributed by atoms with van der Waals surface area (Å²) in [5.74, 6) is 0.936. The molecule has 1 N–H and O–H groups in total. The molecule has 21 heavy (non-hydrogen) atoms. The van der Waals surface area contributed by atoms with Gasteiger partial charge in [0, 0.05) is 28.5 Å². The highest BCUT2D eigenvalue weighted by molar-refractivity contribution is 9.10. The Balaban J connectivity index is 1.68. The van der Waals surface area contributed by atoms with Crippen molar-refractivity contribution in [1.29, 1.82) is 0 Å². The lowest BCUT2D eigenvalue weighted by atomic mass is 10.1. The van der Waals surface area contributed by atoms with Crippen LogP contribution in [0.1, 0.15) is 36.1 Å². The zero-order valence-electron chi connectivity index (χ0n) is 12.1. The van der Waals surface area contributed by atoms with Gasteiger partial charge >= 0.3 is 0 Å². The van der Waals surface area contributed by atoms with Gasteiger partial charge in [-0.2, -0.15) is 0 Å². The largest absolute Gasteiger partial charge is 0.489 e. The molecular formula is C17H19BrN2O. The topological polar surface area (TPSA) is 34.1 Å². The van der Waals surface area contributed by atoms with Gasteiger partial charge in [-0.1, -0.05) is 13.0 Å². The molecule has 3 rings (SSSR count). The molecule has 3 nitrogen and oxygen atoms in total. The number of aryl methyl sites for hydroxylation is 1. The molecule has 0 aliphatic heterocycles. The number of fused-ring (bicyclic) bond motifs is 1. The third-order valence-corrected chi connectivity index (χ3v) is 4.24. The molecular weight excluding hydrogens is 328 g/mol. The number of hydrogen-bond acceptors (Lipinski definition) is 3. The summed E-state index contributed by atoms with van der Waals surface area (Å²) in [7, 11) is 0. The highest BCUT2D eigenvalue weighted by Gasteiger charge is 2.21. The van der Waals surface area contributed by atoms with Crippen LogP contribution >= 0.6 is 15.9 Å². The van der Waals surface area contributed by atoms with Gasteiger partial charge in [0.25, 0.3) is 0 Å². The minimum Gasteiger partial charge on any atom is -0.489 e. The van der Waals surface area contributed by atoms with Gasteiger partial charge in [0.05, 0.1) is 0 Å². The number of nitrogens with one attached hydrogen (secondary N) is 1. The smallest absolute Gasteiger partial charge is 0.120 e. The lowest BCUT2D eigenvalue weighted by Gasteiger charge is -2.13. The quantitative estimate of drug-likeness (QED) is 0.887. The van der Waals surface area contributed by atoms with Crippen LogP contribution in [0.5, 0.6) is 5.75 Å². The molecule has 0 fully saturated rings. The van der Waals surface area contributed by atoms with Gasteiger partial charge in [0.2, 0.25) is 0 Å². The van der Waals surface area contributed by atoms with Gasteiger partial charge in [0.1, 0.15) is 12.4 Å². The predicted octanol–water partition coefficient (Wildman–Crippen LogP) is 4.02. The second-order valence-corrected chi connectivity index (χ2v) is 6.23. The second kappa shape index (κ2) is 6.58. The summed E-state index contributed by atoms with van der Waals surface area (Å²) in [6.45, 7) is 3.71. The van der Waals surface area contributed by atoms with Gasteiger partial charge in [-0.05, 0) is 64.6 Å². The van der Waals surface area contributed by atoms with Crippen molar-refractivity contribution in [1.82, 2.24) is 10.3 Å². The van der Waals surface area contributed by atoms with E-state index in [9.17, 15) is 0 Å². The van der Waals surface area contributed by atoms with Crippen LogP contribution < -0.4 is 10.1 Å². The molecule has 1 aliphatic carbocycles. The van der Waals surface area contributed by atoms with E-state index >= 15 is 0 Å². The van der Waals surface area contributed by atoms with Crippen LogP contribution in [-0.2, 0) is 13.0 Å². The summed E-state index contributed by atoms with van der Waals surface area (Å²) < 4.78 is 6.86. The Kier molecular flexibility index (Phi) is 4.56. The molecule has 0 radical (unpaired) electrons. The van der Waals surface area contributed by atoms with Crippen LogP contribution in [0.3, 0.4) is 0 Å². The Morgan fingerprint density at radius 1 is 1.33 bits per heavy atom. The Morgan fingerprint density at radius 3 is 3.05 bits per heavy atom. The monoisotopic (exact) mass is 346 g/mol. The predicted molar refractivity (Wildman–Crippen MR) is 87.4 cm³/mol. The van der Waals surface area contributed by atoms with Gasteiger partial charge < -0.3 is 10.1 Å². The van der Waals surface area contributed by atoms with E-state index in [4.69, 9.17) is 4.74 Å². The SMILES string of the molecule is CCNC1CCc2cc(OCc3cncc(Br)c3)ccc21. The van der Waals surface area contributed by atoms with E-state index in [0.717, 1.165) is 28.8 Å². The first kappa shape index (κ1) is 14.5. The lowest BCUT2D eigenvalue weighted by molar-refractivity contribution is 0.305. The fourth-order valence-corrected chi connectivity index (χ4v) is 3.26. The summed E-state index contributed by atoms with van der Waals surface area (Å²) in [5, 5.41) is 3.53. The Labute approximate surface area is 133 Å². The highest BCUT2D eigenvalue weighted by atomic mass is 79.9. The van der Waals surface area contributed by atoms with E-state index in [1.54, 1.807) is 6.20 Å². The zero-order chi connectivity index (χ0) is 14.7. The van der Waals surface area contributed by atoms with Crippen LogP contribution in [-0.4, -0.2) is 11.5 Å². The van der Waals surface area contributed by atoms with Crippen LogP contribution in [0.4, 0.5) is 0 Å². The Morgan fingerprint density at radius 2 is 2.24 bits per heavy atom. The average molecular weight is 347 g/mol. The maximum absolute atomic E-state index is 5.89. The number of hydrogen-bond donors (Lipinski definition) is 1. The lowest BCUT2D eigenvalue weighted by Crippen LogP contribution is -2.18. The first-order valence-electron chi connectivity index (χ1n) is 7.34. The van der Waals surface area contributed by atoms with E-state index in [1.807, 2.05) is 12.3 Å². The number of ether oxygens (including phenoxy) is 1. The molecule has 1 heterocycles. The van der Waals surface area contributed by atoms with E-state index in [-0.39, 0.29) is 0 Å². The number of aromatic nitrogens is 1. The molecule has 1 unspecified atom stereocenters. The molecule has 1 aromatic heterocycles. The molecule has 1 aromatic carbocycles. The fraction of sp³-hybridized carbons (Fsp3) is 0.353. The van der Waals surface area contributed by atoms with Crippen molar-refractivity contribution in [2.45, 2.75) is 32.4 Å². The minimum atomic E-state index is 0.508. The molecule has 2 aromatic rings. The van der Waals surface area contributed by atoms with Gasteiger partial charge in [-0.15, -0.1) is 0 Å². The molecule has 0 saturated heterocycles. The third-order valence-electron chi connectivity index (χ3n) is 3.81. The molecule has 1 atom stereocenters. The average Bonchev–Trinajstić information content (AvgIpc) is 2.88. The van der Waals surface area contributed by atoms with Crippen LogP contribution in [0.2, 0.25) is 0 Å². The standard InChI is InChI=1S/C17H19BrN2O/c1-2-20-17-6-3-13-8-15(4-5-16(13)17)21-11-12-7-14(18)10-19-9-12/h4-5,7-10,17,20H,2-3,6,11H2,1H3. The zero-order valence-corrected chi connectivity index (χ0v) is 13.7. The van der Waals surface area contributed by atoms with Crippen molar-refractivity contribution in [3.8, 4) is 5.75 Å². The van der Waals surface area contributed by atoms with Crippen LogP contribution in [0.25, 0.3) is 0 Å². The van der Waals surface area contributed by atoms with Crippen LogP contribution in [0, 0.1) is 0 Å². The number of benzene rings is 1. The highest BCUT2D eigenvalue weighted by Crippen LogP contribution is 2.33. The van der Waals surface area contributed by atoms with Crippen molar-refractivity contribution in [3.63, 3.8) is 0 Å². The van der Waals surface area contributed by atoms with Crippen molar-refractivity contribution >= 4 is 15.9 Å². The summed E-state index contributed by atoms with van der Waals surface area (Å²) >= 11 is 3.43. The van der Waals surface area contributed by atoms with Crippen molar-refractivity contribution in [2.24, 2.45) is 0 Å². The number of pyridine rings is 1. The van der Waals surface area contributed by atoms with E-state index in [0.29, 0.717) is 12.6 Å². The molecule has 4 heteroatoms. The van der Waals surface area contributed by atoms with E-state index < -0.39 is 0 Å². The third kappa shape index (κ3) is 3.44. The summed E-state index contributed by atoms with van der Waals surface area (Å²) in [6, 6.07) is 8.98. The first-order valence-corrected chi connectivity index (χ1v) is 8.14.